The van der Waals surface area contributed by atoms with E-state index in [4.69, 9.17) is 0 Å². The maximum atomic E-state index is 14.9. The highest BCUT2D eigenvalue weighted by molar-refractivity contribution is 7.89. The first-order chi connectivity index (χ1) is 14.7. The summed E-state index contributed by atoms with van der Waals surface area (Å²) >= 11 is 0. The van der Waals surface area contributed by atoms with Crippen molar-refractivity contribution in [3.8, 4) is 0 Å². The van der Waals surface area contributed by atoms with Gasteiger partial charge in [0.1, 0.15) is 21.8 Å². The second-order valence-corrected chi connectivity index (χ2v) is 9.13. The van der Waals surface area contributed by atoms with Crippen LogP contribution in [-0.4, -0.2) is 35.6 Å². The average molecular weight is 484 g/mol. The molecule has 0 bridgehead atoms. The van der Waals surface area contributed by atoms with Crippen LogP contribution in [0.4, 0.5) is 32.0 Å². The Morgan fingerprint density at radius 3 is 2.38 bits per heavy atom. The van der Waals surface area contributed by atoms with Crippen LogP contribution < -0.4 is 10.0 Å². The highest BCUT2D eigenvalue weighted by Gasteiger charge is 2.60. The fourth-order valence-corrected chi connectivity index (χ4v) is 4.94. The average Bonchev–Trinajstić information content (AvgIpc) is 2.91. The first-order valence-corrected chi connectivity index (χ1v) is 10.7. The zero-order chi connectivity index (χ0) is 24.1. The van der Waals surface area contributed by atoms with E-state index in [2.05, 4.69) is 10.3 Å². The fraction of sp³-hybridized carbons (Fsp3) is 0.444. The number of hydrogen-bond donors (Lipinski definition) is 2. The molecule has 32 heavy (non-hydrogen) atoms. The number of hydrogen-bond acceptors (Lipinski definition) is 4. The van der Waals surface area contributed by atoms with E-state index >= 15 is 0 Å². The Labute approximate surface area is 178 Å². The number of anilines is 1. The van der Waals surface area contributed by atoms with Gasteiger partial charge in [0.2, 0.25) is 10.0 Å². The molecule has 1 fully saturated rings. The van der Waals surface area contributed by atoms with Gasteiger partial charge < -0.3 is 9.88 Å². The number of rotatable bonds is 6. The van der Waals surface area contributed by atoms with Gasteiger partial charge in [-0.15, -0.1) is 0 Å². The van der Waals surface area contributed by atoms with E-state index in [1.54, 1.807) is 0 Å². The smallest absolute Gasteiger partial charge is 0.343 e. The van der Waals surface area contributed by atoms with E-state index in [1.807, 2.05) is 0 Å². The van der Waals surface area contributed by atoms with Gasteiger partial charge in [0.25, 0.3) is 12.3 Å². The maximum absolute atomic E-state index is 14.9. The summed E-state index contributed by atoms with van der Waals surface area (Å²) in [6.45, 7) is 1.39. The number of aryl methyl sites for hydroxylation is 2. The lowest BCUT2D eigenvalue weighted by atomic mass is 9.77. The van der Waals surface area contributed by atoms with Gasteiger partial charge >= 0.3 is 6.18 Å². The summed E-state index contributed by atoms with van der Waals surface area (Å²) in [7, 11) is -3.87. The predicted octanol–water partition coefficient (Wildman–Crippen LogP) is 3.82. The Hall–Kier alpha value is -2.61. The number of nitrogens with one attached hydrogen (secondary N) is 2. The van der Waals surface area contributed by atoms with Gasteiger partial charge in [-0.05, 0) is 38.3 Å². The van der Waals surface area contributed by atoms with Crippen LogP contribution in [0, 0.1) is 12.7 Å². The van der Waals surface area contributed by atoms with Gasteiger partial charge in [0.15, 0.2) is 5.82 Å². The molecule has 2 N–H and O–H groups in total. The quantitative estimate of drug-likeness (QED) is 0.610. The Bertz CT molecular complexity index is 1160. The lowest BCUT2D eigenvalue weighted by molar-refractivity contribution is -0.212. The molecule has 0 unspecified atom stereocenters. The predicted molar refractivity (Wildman–Crippen MR) is 100 cm³/mol. The minimum Gasteiger partial charge on any atom is -0.343 e. The maximum Gasteiger partial charge on any atom is 0.407 e. The number of aromatic nitrogens is 2. The summed E-state index contributed by atoms with van der Waals surface area (Å²) in [6, 6.07) is 2.09. The van der Waals surface area contributed by atoms with Crippen molar-refractivity contribution >= 4 is 21.6 Å². The molecular weight excluding hydrogens is 466 g/mol. The number of carbonyl (C=O) groups is 1. The molecule has 0 saturated heterocycles. The second kappa shape index (κ2) is 8.06. The largest absolute Gasteiger partial charge is 0.407 e. The normalized spacial score (nSPS) is 16.2. The minimum atomic E-state index is -4.98. The number of halogens is 6. The SMILES string of the molecule is Cc1cc(NC(=O)c2c(F)c(S(=O)(=O)NC3(C(F)(F)F)CCC3)cn2C)cc(C(F)F)n1. The lowest BCUT2D eigenvalue weighted by Gasteiger charge is -2.43. The third-order valence-electron chi connectivity index (χ3n) is 5.13. The molecule has 0 spiro atoms. The van der Waals surface area contributed by atoms with Gasteiger partial charge in [0.05, 0.1) is 0 Å². The van der Waals surface area contributed by atoms with Crippen molar-refractivity contribution < 1.29 is 39.6 Å². The summed E-state index contributed by atoms with van der Waals surface area (Å²) in [5.74, 6) is -2.76. The molecule has 0 radical (unpaired) electrons. The molecule has 0 atom stereocenters. The molecule has 1 amide bonds. The van der Waals surface area contributed by atoms with Crippen molar-refractivity contribution in [3.05, 3.63) is 41.2 Å². The molecule has 2 aromatic rings. The molecule has 7 nitrogen and oxygen atoms in total. The number of pyridine rings is 1. The number of nitrogens with zero attached hydrogens (tertiary/aromatic N) is 2. The van der Waals surface area contributed by atoms with Crippen LogP contribution in [0.5, 0.6) is 0 Å². The molecule has 3 rings (SSSR count). The summed E-state index contributed by atoms with van der Waals surface area (Å²) < 4.78 is 108. The number of carbonyl (C=O) groups excluding carboxylic acids is 1. The van der Waals surface area contributed by atoms with Crippen molar-refractivity contribution in [2.24, 2.45) is 7.05 Å². The van der Waals surface area contributed by atoms with Gasteiger partial charge in [-0.25, -0.2) is 21.6 Å². The van der Waals surface area contributed by atoms with Crippen LogP contribution in [0.3, 0.4) is 0 Å². The van der Waals surface area contributed by atoms with E-state index in [0.29, 0.717) is 6.20 Å². The van der Waals surface area contributed by atoms with Crippen LogP contribution >= 0.6 is 0 Å². The first-order valence-electron chi connectivity index (χ1n) is 9.20. The number of sulfonamides is 1. The van der Waals surface area contributed by atoms with E-state index in [9.17, 15) is 39.6 Å². The van der Waals surface area contributed by atoms with Crippen LogP contribution in [-0.2, 0) is 17.1 Å². The number of amides is 1. The minimum absolute atomic E-state index is 0.135. The van der Waals surface area contributed by atoms with E-state index < -0.39 is 69.0 Å². The number of alkyl halides is 5. The third kappa shape index (κ3) is 4.33. The second-order valence-electron chi connectivity index (χ2n) is 7.48. The zero-order valence-corrected chi connectivity index (χ0v) is 17.5. The monoisotopic (exact) mass is 484 g/mol. The Kier molecular flexibility index (Phi) is 6.06. The molecule has 2 aromatic heterocycles. The molecule has 1 saturated carbocycles. The molecule has 14 heteroatoms. The summed E-state index contributed by atoms with van der Waals surface area (Å²) in [6.07, 6.45) is -8.01. The van der Waals surface area contributed by atoms with Crippen molar-refractivity contribution in [2.45, 2.75) is 49.2 Å². The molecule has 0 aromatic carbocycles. The molecule has 0 aliphatic heterocycles. The topological polar surface area (TPSA) is 93.1 Å². The first kappa shape index (κ1) is 24.0. The van der Waals surface area contributed by atoms with Crippen LogP contribution in [0.1, 0.15) is 47.6 Å². The summed E-state index contributed by atoms with van der Waals surface area (Å²) in [5, 5.41) is 2.17. The van der Waals surface area contributed by atoms with E-state index in [-0.39, 0.29) is 17.8 Å². The Morgan fingerprint density at radius 2 is 1.88 bits per heavy atom. The molecule has 176 valence electrons. The highest BCUT2D eigenvalue weighted by atomic mass is 32.2. The molecule has 2 heterocycles. The highest BCUT2D eigenvalue weighted by Crippen LogP contribution is 2.46. The fourth-order valence-electron chi connectivity index (χ4n) is 3.37. The van der Waals surface area contributed by atoms with Crippen LogP contribution in [0.25, 0.3) is 0 Å². The van der Waals surface area contributed by atoms with Gasteiger partial charge in [-0.2, -0.15) is 17.9 Å². The molecular formula is C18H18F6N4O3S. The van der Waals surface area contributed by atoms with Crippen molar-refractivity contribution in [1.82, 2.24) is 14.3 Å². The van der Waals surface area contributed by atoms with Gasteiger partial charge in [-0.1, -0.05) is 0 Å². The van der Waals surface area contributed by atoms with Crippen molar-refractivity contribution in [3.63, 3.8) is 0 Å². The lowest BCUT2D eigenvalue weighted by Crippen LogP contribution is -2.62. The summed E-state index contributed by atoms with van der Waals surface area (Å²) in [5.41, 5.74) is -4.16. The third-order valence-corrected chi connectivity index (χ3v) is 6.65. The van der Waals surface area contributed by atoms with Crippen LogP contribution in [0.2, 0.25) is 0 Å². The van der Waals surface area contributed by atoms with Crippen LogP contribution in [0.15, 0.2) is 23.2 Å². The van der Waals surface area contributed by atoms with Crippen molar-refractivity contribution in [2.75, 3.05) is 5.32 Å². The molecule has 1 aliphatic carbocycles. The standard InChI is InChI=1S/C18H18F6N4O3S/c1-9-6-10(7-11(25-9)15(20)21)26-16(29)14-13(19)12(8-28(14)2)32(30,31)27-17(4-3-5-17)18(22,23)24/h6-8,15,27H,3-5H2,1-2H3,(H,25,26,29). The molecule has 1 aliphatic rings. The van der Waals surface area contributed by atoms with Gasteiger partial charge in [-0.3, -0.25) is 9.78 Å². The summed E-state index contributed by atoms with van der Waals surface area (Å²) in [4.78, 5) is 15.0. The van der Waals surface area contributed by atoms with Crippen molar-refractivity contribution in [1.29, 1.82) is 0 Å². The zero-order valence-electron chi connectivity index (χ0n) is 16.7. The Morgan fingerprint density at radius 1 is 1.25 bits per heavy atom. The Balaban J connectivity index is 1.92. The van der Waals surface area contributed by atoms with Gasteiger partial charge in [0, 0.05) is 24.6 Å². The van der Waals surface area contributed by atoms with E-state index in [1.165, 1.54) is 17.7 Å². The van der Waals surface area contributed by atoms with E-state index in [0.717, 1.165) is 17.7 Å².